The largest absolute Gasteiger partial charge is 0.490 e. The van der Waals surface area contributed by atoms with Gasteiger partial charge in [-0.1, -0.05) is 18.2 Å². The standard InChI is InChI=1S/C20H21NO5S/c1-13(20(23)24)27-18-6-3-2-5-15(18)19(22)21-12-14-7-8-16-17(11-14)26-10-4-9-25-16/h2-3,5-8,11,13H,4,9-10,12H2,1H3,(H,21,22)(H,23,24). The smallest absolute Gasteiger partial charge is 0.316 e. The van der Waals surface area contributed by atoms with Crippen molar-refractivity contribution >= 4 is 23.6 Å². The molecule has 7 heteroatoms. The van der Waals surface area contributed by atoms with Gasteiger partial charge in [0, 0.05) is 17.9 Å². The van der Waals surface area contributed by atoms with E-state index in [0.29, 0.717) is 41.7 Å². The quantitative estimate of drug-likeness (QED) is 0.740. The molecule has 1 heterocycles. The van der Waals surface area contributed by atoms with Crippen molar-refractivity contribution in [2.45, 2.75) is 30.0 Å². The van der Waals surface area contributed by atoms with E-state index in [1.165, 1.54) is 0 Å². The fraction of sp³-hybridized carbons (Fsp3) is 0.300. The van der Waals surface area contributed by atoms with Crippen LogP contribution in [-0.2, 0) is 11.3 Å². The van der Waals surface area contributed by atoms with E-state index in [1.54, 1.807) is 31.2 Å². The molecule has 1 aliphatic rings. The number of hydrogen-bond donors (Lipinski definition) is 2. The van der Waals surface area contributed by atoms with Crippen LogP contribution in [0.25, 0.3) is 0 Å². The lowest BCUT2D eigenvalue weighted by molar-refractivity contribution is -0.136. The van der Waals surface area contributed by atoms with Gasteiger partial charge in [0.2, 0.25) is 0 Å². The summed E-state index contributed by atoms with van der Waals surface area (Å²) in [6.45, 7) is 3.17. The van der Waals surface area contributed by atoms with Crippen LogP contribution in [0.5, 0.6) is 11.5 Å². The number of amides is 1. The normalized spacial score (nSPS) is 14.1. The number of hydrogen-bond acceptors (Lipinski definition) is 5. The number of benzene rings is 2. The minimum atomic E-state index is -0.914. The summed E-state index contributed by atoms with van der Waals surface area (Å²) in [6, 6.07) is 12.6. The van der Waals surface area contributed by atoms with Crippen molar-refractivity contribution in [1.29, 1.82) is 0 Å². The Bertz CT molecular complexity index is 839. The minimum Gasteiger partial charge on any atom is -0.490 e. The van der Waals surface area contributed by atoms with E-state index in [1.807, 2.05) is 18.2 Å². The second-order valence-corrected chi connectivity index (χ2v) is 7.49. The number of nitrogens with one attached hydrogen (secondary N) is 1. The summed E-state index contributed by atoms with van der Waals surface area (Å²) >= 11 is 1.15. The summed E-state index contributed by atoms with van der Waals surface area (Å²) in [5, 5.41) is 11.3. The minimum absolute atomic E-state index is 0.247. The molecule has 1 atom stereocenters. The number of aliphatic carboxylic acids is 1. The van der Waals surface area contributed by atoms with E-state index in [9.17, 15) is 9.59 Å². The Kier molecular flexibility index (Phi) is 6.24. The highest BCUT2D eigenvalue weighted by Crippen LogP contribution is 2.30. The van der Waals surface area contributed by atoms with Gasteiger partial charge in [-0.15, -0.1) is 11.8 Å². The number of thioether (sulfide) groups is 1. The molecule has 0 saturated heterocycles. The zero-order chi connectivity index (χ0) is 19.2. The third-order valence-corrected chi connectivity index (χ3v) is 5.21. The van der Waals surface area contributed by atoms with Crippen molar-refractivity contribution in [3.8, 4) is 11.5 Å². The van der Waals surface area contributed by atoms with Crippen LogP contribution in [0.4, 0.5) is 0 Å². The van der Waals surface area contributed by atoms with Crippen LogP contribution >= 0.6 is 11.8 Å². The van der Waals surface area contributed by atoms with Crippen molar-refractivity contribution in [2.24, 2.45) is 0 Å². The van der Waals surface area contributed by atoms with Crippen molar-refractivity contribution < 1.29 is 24.2 Å². The van der Waals surface area contributed by atoms with Crippen molar-refractivity contribution in [1.82, 2.24) is 5.32 Å². The molecule has 27 heavy (non-hydrogen) atoms. The molecule has 1 aliphatic heterocycles. The first-order chi connectivity index (χ1) is 13.0. The number of carbonyl (C=O) groups is 2. The van der Waals surface area contributed by atoms with Crippen LogP contribution in [-0.4, -0.2) is 35.4 Å². The maximum atomic E-state index is 12.6. The molecule has 2 aromatic carbocycles. The summed E-state index contributed by atoms with van der Waals surface area (Å²) in [4.78, 5) is 24.3. The van der Waals surface area contributed by atoms with E-state index in [-0.39, 0.29) is 5.91 Å². The molecule has 0 aromatic heterocycles. The van der Waals surface area contributed by atoms with Gasteiger partial charge in [0.15, 0.2) is 11.5 Å². The van der Waals surface area contributed by atoms with Gasteiger partial charge < -0.3 is 19.9 Å². The van der Waals surface area contributed by atoms with Crippen LogP contribution in [0.15, 0.2) is 47.4 Å². The Morgan fingerprint density at radius 2 is 1.89 bits per heavy atom. The third kappa shape index (κ3) is 4.95. The Morgan fingerprint density at radius 3 is 2.67 bits per heavy atom. The number of carbonyl (C=O) groups excluding carboxylic acids is 1. The molecule has 0 bridgehead atoms. The summed E-state index contributed by atoms with van der Waals surface area (Å²) < 4.78 is 11.3. The Balaban J connectivity index is 1.68. The Labute approximate surface area is 161 Å². The van der Waals surface area contributed by atoms with Crippen LogP contribution in [0, 0.1) is 0 Å². The van der Waals surface area contributed by atoms with Gasteiger partial charge in [-0.2, -0.15) is 0 Å². The zero-order valence-electron chi connectivity index (χ0n) is 14.9. The molecular weight excluding hydrogens is 366 g/mol. The highest BCUT2D eigenvalue weighted by molar-refractivity contribution is 8.00. The molecular formula is C20H21NO5S. The lowest BCUT2D eigenvalue weighted by atomic mass is 10.1. The van der Waals surface area contributed by atoms with E-state index >= 15 is 0 Å². The molecule has 0 saturated carbocycles. The maximum absolute atomic E-state index is 12.6. The van der Waals surface area contributed by atoms with Crippen molar-refractivity contribution in [2.75, 3.05) is 13.2 Å². The molecule has 0 radical (unpaired) electrons. The molecule has 1 amide bonds. The molecule has 0 fully saturated rings. The van der Waals surface area contributed by atoms with Gasteiger partial charge in [0.05, 0.1) is 18.8 Å². The first kappa shape index (κ1) is 19.1. The summed E-state index contributed by atoms with van der Waals surface area (Å²) in [5.41, 5.74) is 1.36. The summed E-state index contributed by atoms with van der Waals surface area (Å²) in [7, 11) is 0. The fourth-order valence-electron chi connectivity index (χ4n) is 2.59. The number of ether oxygens (including phenoxy) is 2. The fourth-order valence-corrected chi connectivity index (χ4v) is 3.52. The molecule has 142 valence electrons. The first-order valence-electron chi connectivity index (χ1n) is 8.70. The number of carboxylic acids is 1. The van der Waals surface area contributed by atoms with Crippen LogP contribution < -0.4 is 14.8 Å². The molecule has 2 aromatic rings. The lowest BCUT2D eigenvalue weighted by Crippen LogP contribution is -2.23. The van der Waals surface area contributed by atoms with E-state index in [0.717, 1.165) is 23.7 Å². The molecule has 6 nitrogen and oxygen atoms in total. The van der Waals surface area contributed by atoms with Gasteiger partial charge >= 0.3 is 5.97 Å². The number of carboxylic acid groups (broad SMARTS) is 1. The molecule has 2 N–H and O–H groups in total. The molecule has 3 rings (SSSR count). The van der Waals surface area contributed by atoms with Crippen molar-refractivity contribution in [3.63, 3.8) is 0 Å². The molecule has 1 unspecified atom stereocenters. The topological polar surface area (TPSA) is 84.9 Å². The van der Waals surface area contributed by atoms with Crippen LogP contribution in [0.1, 0.15) is 29.3 Å². The highest BCUT2D eigenvalue weighted by atomic mass is 32.2. The second-order valence-electron chi connectivity index (χ2n) is 6.11. The lowest BCUT2D eigenvalue weighted by Gasteiger charge is -2.13. The average molecular weight is 387 g/mol. The van der Waals surface area contributed by atoms with Gasteiger partial charge in [-0.05, 0) is 36.8 Å². The van der Waals surface area contributed by atoms with E-state index < -0.39 is 11.2 Å². The molecule has 0 spiro atoms. The van der Waals surface area contributed by atoms with Gasteiger partial charge in [0.1, 0.15) is 5.25 Å². The maximum Gasteiger partial charge on any atom is 0.316 e. The van der Waals surface area contributed by atoms with Crippen molar-refractivity contribution in [3.05, 3.63) is 53.6 Å². The Morgan fingerprint density at radius 1 is 1.15 bits per heavy atom. The second kappa shape index (κ2) is 8.81. The SMILES string of the molecule is CC(Sc1ccccc1C(=O)NCc1ccc2c(c1)OCCCO2)C(=O)O. The number of rotatable bonds is 6. The van der Waals surface area contributed by atoms with Crippen LogP contribution in [0.3, 0.4) is 0 Å². The predicted octanol–water partition coefficient (Wildman–Crippen LogP) is 3.34. The monoisotopic (exact) mass is 387 g/mol. The van der Waals surface area contributed by atoms with Gasteiger partial charge in [-0.3, -0.25) is 9.59 Å². The molecule has 0 aliphatic carbocycles. The Hall–Kier alpha value is -2.67. The zero-order valence-corrected chi connectivity index (χ0v) is 15.8. The average Bonchev–Trinajstić information content (AvgIpc) is 2.91. The number of fused-ring (bicyclic) bond motifs is 1. The third-order valence-electron chi connectivity index (χ3n) is 4.05. The predicted molar refractivity (Wildman–Crippen MR) is 103 cm³/mol. The summed E-state index contributed by atoms with van der Waals surface area (Å²) in [5.74, 6) is 0.239. The first-order valence-corrected chi connectivity index (χ1v) is 9.58. The van der Waals surface area contributed by atoms with Gasteiger partial charge in [0.25, 0.3) is 5.91 Å². The van der Waals surface area contributed by atoms with Crippen LogP contribution in [0.2, 0.25) is 0 Å². The highest BCUT2D eigenvalue weighted by Gasteiger charge is 2.18. The van der Waals surface area contributed by atoms with Gasteiger partial charge in [-0.25, -0.2) is 0 Å². The van der Waals surface area contributed by atoms with E-state index in [2.05, 4.69) is 5.32 Å². The van der Waals surface area contributed by atoms with E-state index in [4.69, 9.17) is 14.6 Å². The summed E-state index contributed by atoms with van der Waals surface area (Å²) in [6.07, 6.45) is 0.837.